The van der Waals surface area contributed by atoms with Crippen molar-refractivity contribution in [1.29, 1.82) is 0 Å². The third-order valence-electron chi connectivity index (χ3n) is 4.47. The van der Waals surface area contributed by atoms with Gasteiger partial charge in [-0.15, -0.1) is 24.0 Å². The summed E-state index contributed by atoms with van der Waals surface area (Å²) in [6, 6.07) is 9.99. The molecule has 7 nitrogen and oxygen atoms in total. The maximum atomic E-state index is 5.53. The number of nitrogens with zero attached hydrogens (tertiary/aromatic N) is 5. The second-order valence-corrected chi connectivity index (χ2v) is 6.42. The number of hydrogen-bond acceptors (Lipinski definition) is 5. The lowest BCUT2D eigenvalue weighted by molar-refractivity contribution is 0.305. The maximum absolute atomic E-state index is 5.53. The van der Waals surface area contributed by atoms with E-state index in [0.717, 1.165) is 49.9 Å². The molecule has 1 saturated heterocycles. The van der Waals surface area contributed by atoms with Crippen LogP contribution in [-0.4, -0.2) is 60.7 Å². The largest absolute Gasteiger partial charge is 0.478 e. The Bertz CT molecular complexity index is 717. The third-order valence-corrected chi connectivity index (χ3v) is 4.47. The van der Waals surface area contributed by atoms with E-state index in [4.69, 9.17) is 4.74 Å². The molecule has 3 rings (SSSR count). The summed E-state index contributed by atoms with van der Waals surface area (Å²) in [6.07, 6.45) is 4.67. The third kappa shape index (κ3) is 6.22. The van der Waals surface area contributed by atoms with Crippen LogP contribution in [-0.2, 0) is 6.54 Å². The van der Waals surface area contributed by atoms with Crippen LogP contribution < -0.4 is 15.0 Å². The maximum Gasteiger partial charge on any atom is 0.213 e. The summed E-state index contributed by atoms with van der Waals surface area (Å²) in [6.45, 7) is 7.16. The minimum absolute atomic E-state index is 0. The Morgan fingerprint density at radius 1 is 1.14 bits per heavy atom. The average molecular weight is 496 g/mol. The predicted molar refractivity (Wildman–Crippen MR) is 124 cm³/mol. The van der Waals surface area contributed by atoms with Crippen LogP contribution in [0, 0.1) is 0 Å². The lowest BCUT2D eigenvalue weighted by Gasteiger charge is -2.37. The second-order valence-electron chi connectivity index (χ2n) is 6.42. The van der Waals surface area contributed by atoms with E-state index in [1.807, 2.05) is 43.7 Å². The number of guanidine groups is 1. The molecular weight excluding hydrogens is 467 g/mol. The van der Waals surface area contributed by atoms with Gasteiger partial charge >= 0.3 is 0 Å². The highest BCUT2D eigenvalue weighted by atomic mass is 127. The van der Waals surface area contributed by atoms with Crippen LogP contribution in [0.15, 0.2) is 47.7 Å². The summed E-state index contributed by atoms with van der Waals surface area (Å²) in [5, 5.41) is 3.43. The highest BCUT2D eigenvalue weighted by molar-refractivity contribution is 14.0. The molecule has 0 aromatic carbocycles. The molecule has 28 heavy (non-hydrogen) atoms. The second kappa shape index (κ2) is 11.7. The van der Waals surface area contributed by atoms with Gasteiger partial charge in [-0.3, -0.25) is 4.99 Å². The summed E-state index contributed by atoms with van der Waals surface area (Å²) < 4.78 is 5.53. The van der Waals surface area contributed by atoms with E-state index in [-0.39, 0.29) is 24.0 Å². The van der Waals surface area contributed by atoms with E-state index < -0.39 is 0 Å². The highest BCUT2D eigenvalue weighted by Gasteiger charge is 2.20. The van der Waals surface area contributed by atoms with Crippen LogP contribution in [0.25, 0.3) is 0 Å². The van der Waals surface area contributed by atoms with E-state index in [1.54, 1.807) is 0 Å². The fourth-order valence-electron chi connectivity index (χ4n) is 3.01. The van der Waals surface area contributed by atoms with Crippen molar-refractivity contribution in [3.63, 3.8) is 0 Å². The zero-order valence-corrected chi connectivity index (χ0v) is 18.9. The summed E-state index contributed by atoms with van der Waals surface area (Å²) in [5.74, 6) is 2.63. The van der Waals surface area contributed by atoms with Crippen LogP contribution >= 0.6 is 24.0 Å². The summed E-state index contributed by atoms with van der Waals surface area (Å²) in [4.78, 5) is 17.8. The molecular formula is C20H29IN6O. The number of halogens is 1. The van der Waals surface area contributed by atoms with Crippen LogP contribution in [0.1, 0.15) is 18.9 Å². The molecule has 0 saturated carbocycles. The number of pyridine rings is 2. The molecule has 8 heteroatoms. The number of hydrogen-bond donors (Lipinski definition) is 1. The van der Waals surface area contributed by atoms with Crippen molar-refractivity contribution in [2.75, 3.05) is 44.7 Å². The van der Waals surface area contributed by atoms with Crippen molar-refractivity contribution in [3.05, 3.63) is 48.3 Å². The number of aliphatic imine (C=N–C) groups is 1. The zero-order chi connectivity index (χ0) is 18.9. The van der Waals surface area contributed by atoms with Crippen LogP contribution in [0.3, 0.4) is 0 Å². The van der Waals surface area contributed by atoms with Gasteiger partial charge in [-0.05, 0) is 24.1 Å². The summed E-state index contributed by atoms with van der Waals surface area (Å²) in [7, 11) is 1.83. The molecule has 3 heterocycles. The van der Waals surface area contributed by atoms with Crippen molar-refractivity contribution in [1.82, 2.24) is 20.2 Å². The number of piperazine rings is 1. The lowest BCUT2D eigenvalue weighted by atomic mass is 10.3. The first-order valence-electron chi connectivity index (χ1n) is 9.49. The molecule has 1 aliphatic heterocycles. The number of nitrogens with one attached hydrogen (secondary N) is 1. The van der Waals surface area contributed by atoms with Gasteiger partial charge in [-0.1, -0.05) is 19.1 Å². The van der Waals surface area contributed by atoms with E-state index in [2.05, 4.69) is 43.1 Å². The van der Waals surface area contributed by atoms with Crippen molar-refractivity contribution < 1.29 is 4.74 Å². The van der Waals surface area contributed by atoms with Crippen molar-refractivity contribution in [2.45, 2.75) is 19.9 Å². The first kappa shape index (κ1) is 22.2. The highest BCUT2D eigenvalue weighted by Crippen LogP contribution is 2.13. The SMILES string of the molecule is CCCOc1ccc(CNC(=NC)N2CCN(c3ccccn3)CC2)cn1.I. The fourth-order valence-corrected chi connectivity index (χ4v) is 3.01. The molecule has 1 aliphatic rings. The monoisotopic (exact) mass is 496 g/mol. The molecule has 0 bridgehead atoms. The minimum atomic E-state index is 0. The number of ether oxygens (including phenoxy) is 1. The Hall–Kier alpha value is -2.10. The van der Waals surface area contributed by atoms with Gasteiger partial charge in [0.05, 0.1) is 6.61 Å². The van der Waals surface area contributed by atoms with Crippen LogP contribution in [0.4, 0.5) is 5.82 Å². The van der Waals surface area contributed by atoms with E-state index in [1.165, 1.54) is 0 Å². The van der Waals surface area contributed by atoms with E-state index in [9.17, 15) is 0 Å². The molecule has 152 valence electrons. The van der Waals surface area contributed by atoms with Gasteiger partial charge in [0, 0.05) is 58.2 Å². The lowest BCUT2D eigenvalue weighted by Crippen LogP contribution is -2.52. The van der Waals surface area contributed by atoms with Gasteiger partial charge in [0.2, 0.25) is 5.88 Å². The fraction of sp³-hybridized carbons (Fsp3) is 0.450. The summed E-state index contributed by atoms with van der Waals surface area (Å²) in [5.41, 5.74) is 1.10. The van der Waals surface area contributed by atoms with E-state index >= 15 is 0 Å². The average Bonchev–Trinajstić information content (AvgIpc) is 2.74. The molecule has 2 aromatic rings. The quantitative estimate of drug-likeness (QED) is 0.377. The van der Waals surface area contributed by atoms with Crippen molar-refractivity contribution in [3.8, 4) is 5.88 Å². The molecule has 1 fully saturated rings. The molecule has 0 atom stereocenters. The Morgan fingerprint density at radius 2 is 1.96 bits per heavy atom. The van der Waals surface area contributed by atoms with E-state index in [0.29, 0.717) is 19.0 Å². The molecule has 0 unspecified atom stereocenters. The van der Waals surface area contributed by atoms with Crippen LogP contribution in [0.5, 0.6) is 5.88 Å². The standard InChI is InChI=1S/C20H28N6O.HI/c1-3-14-27-19-8-7-17(15-23-19)16-24-20(21-2)26-12-10-25(11-13-26)18-6-4-5-9-22-18;/h4-9,15H,3,10-14,16H2,1-2H3,(H,21,24);1H. The zero-order valence-electron chi connectivity index (χ0n) is 16.5. The molecule has 0 radical (unpaired) electrons. The van der Waals surface area contributed by atoms with Crippen molar-refractivity contribution in [2.24, 2.45) is 4.99 Å². The minimum Gasteiger partial charge on any atom is -0.478 e. The Morgan fingerprint density at radius 3 is 2.57 bits per heavy atom. The van der Waals surface area contributed by atoms with Gasteiger partial charge < -0.3 is 19.9 Å². The van der Waals surface area contributed by atoms with Gasteiger partial charge in [0.1, 0.15) is 5.82 Å². The van der Waals surface area contributed by atoms with Gasteiger partial charge in [-0.25, -0.2) is 9.97 Å². The van der Waals surface area contributed by atoms with Gasteiger partial charge in [0.15, 0.2) is 5.96 Å². The molecule has 2 aromatic heterocycles. The molecule has 0 spiro atoms. The Labute approximate surface area is 184 Å². The Kier molecular flexibility index (Phi) is 9.26. The first-order chi connectivity index (χ1) is 13.3. The summed E-state index contributed by atoms with van der Waals surface area (Å²) >= 11 is 0. The smallest absolute Gasteiger partial charge is 0.213 e. The number of aromatic nitrogens is 2. The van der Waals surface area contributed by atoms with Crippen LogP contribution in [0.2, 0.25) is 0 Å². The van der Waals surface area contributed by atoms with Gasteiger partial charge in [0.25, 0.3) is 0 Å². The Balaban J connectivity index is 0.00000280. The topological polar surface area (TPSA) is 65.9 Å². The molecule has 0 aliphatic carbocycles. The predicted octanol–water partition coefficient (Wildman–Crippen LogP) is 2.78. The molecule has 1 N–H and O–H groups in total. The first-order valence-corrected chi connectivity index (χ1v) is 9.49. The van der Waals surface area contributed by atoms with Gasteiger partial charge in [-0.2, -0.15) is 0 Å². The number of anilines is 1. The van der Waals surface area contributed by atoms with Crippen molar-refractivity contribution >= 4 is 35.8 Å². The normalized spacial score (nSPS) is 14.4. The number of rotatable bonds is 6. The molecule has 0 amide bonds.